The Morgan fingerprint density at radius 1 is 1.27 bits per heavy atom. The van der Waals surface area contributed by atoms with Crippen molar-refractivity contribution in [2.24, 2.45) is 5.92 Å². The molecule has 0 bridgehead atoms. The van der Waals surface area contributed by atoms with Gasteiger partial charge >= 0.3 is 0 Å². The van der Waals surface area contributed by atoms with Crippen molar-refractivity contribution in [3.05, 3.63) is 12.2 Å². The maximum atomic E-state index is 9.59. The zero-order valence-corrected chi connectivity index (χ0v) is 7.29. The molecule has 0 aromatic heterocycles. The maximum absolute atomic E-state index is 9.59. The van der Waals surface area contributed by atoms with Gasteiger partial charge < -0.3 is 5.11 Å². The van der Waals surface area contributed by atoms with E-state index in [1.54, 1.807) is 0 Å². The zero-order chi connectivity index (χ0) is 8.10. The molecule has 1 fully saturated rings. The molecular weight excluding hydrogens is 136 g/mol. The van der Waals surface area contributed by atoms with Gasteiger partial charge in [-0.25, -0.2) is 0 Å². The number of aliphatic hydroxyl groups is 1. The lowest BCUT2D eigenvalue weighted by atomic mass is 9.85. The lowest BCUT2D eigenvalue weighted by Crippen LogP contribution is -2.20. The Kier molecular flexibility index (Phi) is 3.64. The molecule has 0 aromatic rings. The molecule has 0 saturated heterocycles. The highest BCUT2D eigenvalue weighted by molar-refractivity contribution is 4.90. The van der Waals surface area contributed by atoms with Crippen LogP contribution in [0.3, 0.4) is 0 Å². The monoisotopic (exact) mass is 154 g/mol. The topological polar surface area (TPSA) is 20.2 Å². The molecule has 0 aliphatic heterocycles. The summed E-state index contributed by atoms with van der Waals surface area (Å²) in [5.41, 5.74) is 0. The largest absolute Gasteiger partial charge is 0.389 e. The molecule has 0 spiro atoms. The van der Waals surface area contributed by atoms with Gasteiger partial charge in [-0.15, -0.1) is 0 Å². The third-order valence-corrected chi connectivity index (χ3v) is 2.52. The number of allylic oxidation sites excluding steroid dienone is 1. The fourth-order valence-corrected chi connectivity index (χ4v) is 1.83. The van der Waals surface area contributed by atoms with Crippen LogP contribution in [-0.2, 0) is 0 Å². The summed E-state index contributed by atoms with van der Waals surface area (Å²) in [7, 11) is 0. The van der Waals surface area contributed by atoms with E-state index in [0.717, 1.165) is 0 Å². The SMILES string of the molecule is C/C=C\[C@@H](O)C1CCCCC1. The second-order valence-electron chi connectivity index (χ2n) is 3.41. The summed E-state index contributed by atoms with van der Waals surface area (Å²) in [5, 5.41) is 9.59. The molecule has 1 rings (SSSR count). The molecule has 11 heavy (non-hydrogen) atoms. The third-order valence-electron chi connectivity index (χ3n) is 2.52. The van der Waals surface area contributed by atoms with Crippen molar-refractivity contribution < 1.29 is 5.11 Å². The average Bonchev–Trinajstić information content (AvgIpc) is 2.07. The molecule has 1 aliphatic rings. The molecule has 1 heteroatoms. The van der Waals surface area contributed by atoms with Gasteiger partial charge in [0, 0.05) is 0 Å². The second-order valence-corrected chi connectivity index (χ2v) is 3.41. The molecule has 0 aromatic carbocycles. The number of hydrogen-bond donors (Lipinski definition) is 1. The molecule has 1 N–H and O–H groups in total. The molecule has 1 aliphatic carbocycles. The highest BCUT2D eigenvalue weighted by Crippen LogP contribution is 2.26. The number of hydrogen-bond acceptors (Lipinski definition) is 1. The van der Waals surface area contributed by atoms with Crippen LogP contribution in [0, 0.1) is 5.92 Å². The summed E-state index contributed by atoms with van der Waals surface area (Å²) in [6.45, 7) is 1.96. The molecule has 1 saturated carbocycles. The lowest BCUT2D eigenvalue weighted by molar-refractivity contribution is 0.125. The highest BCUT2D eigenvalue weighted by atomic mass is 16.3. The Morgan fingerprint density at radius 2 is 1.91 bits per heavy atom. The van der Waals surface area contributed by atoms with Crippen LogP contribution >= 0.6 is 0 Å². The minimum absolute atomic E-state index is 0.180. The predicted molar refractivity (Wildman–Crippen MR) is 47.4 cm³/mol. The van der Waals surface area contributed by atoms with E-state index in [2.05, 4.69) is 0 Å². The first kappa shape index (κ1) is 8.79. The van der Waals surface area contributed by atoms with Gasteiger partial charge in [0.2, 0.25) is 0 Å². The first-order chi connectivity index (χ1) is 5.34. The van der Waals surface area contributed by atoms with Gasteiger partial charge in [-0.2, -0.15) is 0 Å². The van der Waals surface area contributed by atoms with E-state index in [1.165, 1.54) is 32.1 Å². The van der Waals surface area contributed by atoms with Gasteiger partial charge in [-0.1, -0.05) is 31.4 Å². The Labute approximate surface area is 69.1 Å². The summed E-state index contributed by atoms with van der Waals surface area (Å²) in [6.07, 6.45) is 10.1. The molecule has 0 radical (unpaired) electrons. The smallest absolute Gasteiger partial charge is 0.0748 e. The van der Waals surface area contributed by atoms with Crippen molar-refractivity contribution in [3.63, 3.8) is 0 Å². The van der Waals surface area contributed by atoms with E-state index in [1.807, 2.05) is 19.1 Å². The van der Waals surface area contributed by atoms with E-state index in [-0.39, 0.29) is 6.10 Å². The minimum atomic E-state index is -0.180. The first-order valence-electron chi connectivity index (χ1n) is 4.65. The molecule has 1 nitrogen and oxygen atoms in total. The van der Waals surface area contributed by atoms with Crippen molar-refractivity contribution in [3.8, 4) is 0 Å². The summed E-state index contributed by atoms with van der Waals surface area (Å²) < 4.78 is 0. The molecule has 64 valence electrons. The Morgan fingerprint density at radius 3 is 2.45 bits per heavy atom. The van der Waals surface area contributed by atoms with E-state index < -0.39 is 0 Å². The molecule has 0 heterocycles. The minimum Gasteiger partial charge on any atom is -0.389 e. The van der Waals surface area contributed by atoms with E-state index in [9.17, 15) is 5.11 Å². The Balaban J connectivity index is 2.32. The van der Waals surface area contributed by atoms with Crippen molar-refractivity contribution in [1.29, 1.82) is 0 Å². The van der Waals surface area contributed by atoms with Crippen molar-refractivity contribution in [2.75, 3.05) is 0 Å². The van der Waals surface area contributed by atoms with Gasteiger partial charge in [0.25, 0.3) is 0 Å². The third kappa shape index (κ3) is 2.66. The number of rotatable bonds is 2. The Bertz CT molecular complexity index is 123. The highest BCUT2D eigenvalue weighted by Gasteiger charge is 2.18. The Hall–Kier alpha value is -0.300. The van der Waals surface area contributed by atoms with E-state index in [4.69, 9.17) is 0 Å². The first-order valence-corrected chi connectivity index (χ1v) is 4.65. The van der Waals surface area contributed by atoms with Gasteiger partial charge in [0.05, 0.1) is 6.10 Å². The van der Waals surface area contributed by atoms with Gasteiger partial charge in [-0.3, -0.25) is 0 Å². The van der Waals surface area contributed by atoms with Gasteiger partial charge in [-0.05, 0) is 25.7 Å². The van der Waals surface area contributed by atoms with E-state index in [0.29, 0.717) is 5.92 Å². The molecule has 0 amide bonds. The summed E-state index contributed by atoms with van der Waals surface area (Å²) in [5.74, 6) is 0.542. The van der Waals surface area contributed by atoms with Crippen LogP contribution in [-0.4, -0.2) is 11.2 Å². The zero-order valence-electron chi connectivity index (χ0n) is 7.29. The van der Waals surface area contributed by atoms with Gasteiger partial charge in [0.15, 0.2) is 0 Å². The lowest BCUT2D eigenvalue weighted by Gasteiger charge is -2.24. The predicted octanol–water partition coefficient (Wildman–Crippen LogP) is 2.50. The average molecular weight is 154 g/mol. The van der Waals surface area contributed by atoms with Crippen LogP contribution in [0.25, 0.3) is 0 Å². The number of aliphatic hydroxyl groups excluding tert-OH is 1. The summed E-state index contributed by atoms with van der Waals surface area (Å²) >= 11 is 0. The van der Waals surface area contributed by atoms with Crippen LogP contribution < -0.4 is 0 Å². The maximum Gasteiger partial charge on any atom is 0.0748 e. The molecule has 0 unspecified atom stereocenters. The van der Waals surface area contributed by atoms with Crippen molar-refractivity contribution in [1.82, 2.24) is 0 Å². The summed E-state index contributed by atoms with van der Waals surface area (Å²) in [6, 6.07) is 0. The fraction of sp³-hybridized carbons (Fsp3) is 0.800. The van der Waals surface area contributed by atoms with Crippen LogP contribution in [0.5, 0.6) is 0 Å². The molecule has 1 atom stereocenters. The normalized spacial score (nSPS) is 24.2. The van der Waals surface area contributed by atoms with Crippen LogP contribution in [0.15, 0.2) is 12.2 Å². The van der Waals surface area contributed by atoms with Crippen LogP contribution in [0.2, 0.25) is 0 Å². The van der Waals surface area contributed by atoms with Crippen LogP contribution in [0.1, 0.15) is 39.0 Å². The molecular formula is C10H18O. The second kappa shape index (κ2) is 4.55. The van der Waals surface area contributed by atoms with Crippen molar-refractivity contribution >= 4 is 0 Å². The fourth-order valence-electron chi connectivity index (χ4n) is 1.83. The standard InChI is InChI=1S/C10H18O/c1-2-6-10(11)9-7-4-3-5-8-9/h2,6,9-11H,3-5,7-8H2,1H3/b6-2-/t10-/m1/s1. The quantitative estimate of drug-likeness (QED) is 0.606. The summed E-state index contributed by atoms with van der Waals surface area (Å²) in [4.78, 5) is 0. The van der Waals surface area contributed by atoms with Crippen LogP contribution in [0.4, 0.5) is 0 Å². The van der Waals surface area contributed by atoms with E-state index >= 15 is 0 Å². The van der Waals surface area contributed by atoms with Gasteiger partial charge in [0.1, 0.15) is 0 Å². The van der Waals surface area contributed by atoms with Crippen molar-refractivity contribution in [2.45, 2.75) is 45.1 Å².